The van der Waals surface area contributed by atoms with Crippen LogP contribution in [0.3, 0.4) is 0 Å². The SMILES string of the molecule is CCCCCCCCCCCCCCCCCCCCCCCCCCCCCCC(=O)OCCCCC. The van der Waals surface area contributed by atoms with Gasteiger partial charge in [-0.25, -0.2) is 0 Å². The fraction of sp³-hybridized carbons (Fsp3) is 0.972. The monoisotopic (exact) mass is 537 g/mol. The molecule has 0 aliphatic rings. The molecule has 38 heavy (non-hydrogen) atoms. The van der Waals surface area contributed by atoms with Gasteiger partial charge in [0.2, 0.25) is 0 Å². The van der Waals surface area contributed by atoms with E-state index < -0.39 is 0 Å². The molecule has 0 unspecified atom stereocenters. The normalized spacial score (nSPS) is 11.3. The lowest BCUT2D eigenvalue weighted by molar-refractivity contribution is -0.143. The van der Waals surface area contributed by atoms with Gasteiger partial charge in [0.15, 0.2) is 0 Å². The maximum Gasteiger partial charge on any atom is 0.305 e. The molecule has 0 amide bonds. The number of unbranched alkanes of at least 4 members (excludes halogenated alkanes) is 29. The van der Waals surface area contributed by atoms with Crippen molar-refractivity contribution in [2.45, 2.75) is 219 Å². The van der Waals surface area contributed by atoms with Crippen molar-refractivity contribution in [3.8, 4) is 0 Å². The van der Waals surface area contributed by atoms with E-state index in [4.69, 9.17) is 4.74 Å². The number of ether oxygens (including phenoxy) is 1. The zero-order valence-corrected chi connectivity index (χ0v) is 26.7. The highest BCUT2D eigenvalue weighted by Crippen LogP contribution is 2.16. The summed E-state index contributed by atoms with van der Waals surface area (Å²) in [5.41, 5.74) is 0. The van der Waals surface area contributed by atoms with E-state index in [1.54, 1.807) is 0 Å². The standard InChI is InChI=1S/C36H72O2/c1-3-5-7-8-9-10-11-12-13-14-15-16-17-18-19-20-21-22-23-24-25-26-27-28-29-30-31-32-34-36(37)38-35-33-6-4-2/h3-35H2,1-2H3. The van der Waals surface area contributed by atoms with Gasteiger partial charge in [-0.3, -0.25) is 4.79 Å². The van der Waals surface area contributed by atoms with E-state index in [0.717, 1.165) is 19.3 Å². The Morgan fingerprint density at radius 1 is 0.342 bits per heavy atom. The van der Waals surface area contributed by atoms with E-state index in [1.165, 1.54) is 180 Å². The molecule has 2 nitrogen and oxygen atoms in total. The Hall–Kier alpha value is -0.530. The van der Waals surface area contributed by atoms with Crippen molar-refractivity contribution in [3.05, 3.63) is 0 Å². The van der Waals surface area contributed by atoms with E-state index in [2.05, 4.69) is 13.8 Å². The molecular formula is C36H72O2. The molecule has 0 radical (unpaired) electrons. The molecule has 0 aromatic carbocycles. The lowest BCUT2D eigenvalue weighted by Crippen LogP contribution is -2.05. The van der Waals surface area contributed by atoms with Gasteiger partial charge >= 0.3 is 5.97 Å². The van der Waals surface area contributed by atoms with Crippen molar-refractivity contribution >= 4 is 5.97 Å². The van der Waals surface area contributed by atoms with Gasteiger partial charge in [-0.1, -0.05) is 200 Å². The van der Waals surface area contributed by atoms with Crippen LogP contribution in [0, 0.1) is 0 Å². The average Bonchev–Trinajstić information content (AvgIpc) is 2.92. The minimum Gasteiger partial charge on any atom is -0.466 e. The molecule has 0 spiro atoms. The van der Waals surface area contributed by atoms with Gasteiger partial charge in [-0.2, -0.15) is 0 Å². The summed E-state index contributed by atoms with van der Waals surface area (Å²) in [6.45, 7) is 5.09. The summed E-state index contributed by atoms with van der Waals surface area (Å²) in [5, 5.41) is 0. The highest BCUT2D eigenvalue weighted by Gasteiger charge is 2.02. The third-order valence-electron chi connectivity index (χ3n) is 8.25. The van der Waals surface area contributed by atoms with Gasteiger partial charge in [-0.15, -0.1) is 0 Å². The van der Waals surface area contributed by atoms with E-state index in [0.29, 0.717) is 13.0 Å². The van der Waals surface area contributed by atoms with Crippen LogP contribution in [0.1, 0.15) is 219 Å². The highest BCUT2D eigenvalue weighted by molar-refractivity contribution is 5.69. The number of hydrogen-bond acceptors (Lipinski definition) is 2. The fourth-order valence-corrected chi connectivity index (χ4v) is 5.55. The Morgan fingerprint density at radius 3 is 0.868 bits per heavy atom. The van der Waals surface area contributed by atoms with Crippen molar-refractivity contribution in [1.29, 1.82) is 0 Å². The molecule has 0 fully saturated rings. The van der Waals surface area contributed by atoms with Crippen molar-refractivity contribution in [2.24, 2.45) is 0 Å². The molecule has 0 saturated carbocycles. The van der Waals surface area contributed by atoms with Crippen molar-refractivity contribution in [2.75, 3.05) is 6.61 Å². The Morgan fingerprint density at radius 2 is 0.579 bits per heavy atom. The molecule has 0 rings (SSSR count). The first-order valence-electron chi connectivity index (χ1n) is 18.0. The van der Waals surface area contributed by atoms with Gasteiger partial charge in [0.25, 0.3) is 0 Å². The summed E-state index contributed by atoms with van der Waals surface area (Å²) in [7, 11) is 0. The van der Waals surface area contributed by atoms with Crippen LogP contribution in [-0.2, 0) is 9.53 Å². The number of rotatable bonds is 33. The zero-order chi connectivity index (χ0) is 27.6. The van der Waals surface area contributed by atoms with Crippen LogP contribution in [0.25, 0.3) is 0 Å². The largest absolute Gasteiger partial charge is 0.466 e. The number of esters is 1. The molecule has 0 aliphatic carbocycles. The van der Waals surface area contributed by atoms with Gasteiger partial charge in [0.1, 0.15) is 0 Å². The van der Waals surface area contributed by atoms with Gasteiger partial charge < -0.3 is 4.74 Å². The predicted molar refractivity (Wildman–Crippen MR) is 170 cm³/mol. The summed E-state index contributed by atoms with van der Waals surface area (Å²) in [4.78, 5) is 11.6. The molecule has 0 saturated heterocycles. The summed E-state index contributed by atoms with van der Waals surface area (Å²) in [6, 6.07) is 0. The molecule has 0 aromatic rings. The minimum absolute atomic E-state index is 0.0101. The summed E-state index contributed by atoms with van der Waals surface area (Å²) in [5.74, 6) is 0.0101. The molecule has 228 valence electrons. The second-order valence-corrected chi connectivity index (χ2v) is 12.2. The second kappa shape index (κ2) is 34.5. The van der Waals surface area contributed by atoms with Crippen molar-refractivity contribution < 1.29 is 9.53 Å². The minimum atomic E-state index is 0.0101. The van der Waals surface area contributed by atoms with Gasteiger partial charge in [0, 0.05) is 6.42 Å². The highest BCUT2D eigenvalue weighted by atomic mass is 16.5. The van der Waals surface area contributed by atoms with Crippen LogP contribution < -0.4 is 0 Å². The Labute approximate surface area is 241 Å². The fourth-order valence-electron chi connectivity index (χ4n) is 5.55. The number of hydrogen-bond donors (Lipinski definition) is 0. The molecule has 0 N–H and O–H groups in total. The topological polar surface area (TPSA) is 26.3 Å². The molecule has 0 atom stereocenters. The quantitative estimate of drug-likeness (QED) is 0.0615. The first kappa shape index (κ1) is 37.5. The average molecular weight is 537 g/mol. The summed E-state index contributed by atoms with van der Waals surface area (Å²) >= 11 is 0. The maximum absolute atomic E-state index is 11.6. The molecule has 2 heteroatoms. The van der Waals surface area contributed by atoms with Gasteiger partial charge in [0.05, 0.1) is 6.61 Å². The maximum atomic E-state index is 11.6. The van der Waals surface area contributed by atoms with E-state index in [1.807, 2.05) is 0 Å². The van der Waals surface area contributed by atoms with E-state index in [-0.39, 0.29) is 5.97 Å². The van der Waals surface area contributed by atoms with E-state index >= 15 is 0 Å². The van der Waals surface area contributed by atoms with Crippen molar-refractivity contribution in [3.63, 3.8) is 0 Å². The molecule has 0 heterocycles. The van der Waals surface area contributed by atoms with Crippen LogP contribution in [0.4, 0.5) is 0 Å². The first-order chi connectivity index (χ1) is 18.8. The number of carbonyl (C=O) groups is 1. The Balaban J connectivity index is 3.07. The Kier molecular flexibility index (Phi) is 34.0. The van der Waals surface area contributed by atoms with Crippen LogP contribution in [0.15, 0.2) is 0 Å². The smallest absolute Gasteiger partial charge is 0.305 e. The summed E-state index contributed by atoms with van der Waals surface area (Å²) in [6.07, 6.45) is 43.7. The zero-order valence-electron chi connectivity index (χ0n) is 26.7. The lowest BCUT2D eigenvalue weighted by Gasteiger charge is -2.05. The predicted octanol–water partition coefficient (Wildman–Crippen LogP) is 13.1. The Bertz CT molecular complexity index is 433. The molecule has 0 aliphatic heterocycles. The molecule has 0 aromatic heterocycles. The number of carbonyl (C=O) groups excluding carboxylic acids is 1. The summed E-state index contributed by atoms with van der Waals surface area (Å²) < 4.78 is 5.27. The van der Waals surface area contributed by atoms with Crippen molar-refractivity contribution in [1.82, 2.24) is 0 Å². The van der Waals surface area contributed by atoms with Crippen LogP contribution in [0.5, 0.6) is 0 Å². The third kappa shape index (κ3) is 33.5. The van der Waals surface area contributed by atoms with Crippen LogP contribution in [-0.4, -0.2) is 12.6 Å². The molecular weight excluding hydrogens is 464 g/mol. The third-order valence-corrected chi connectivity index (χ3v) is 8.25. The van der Waals surface area contributed by atoms with E-state index in [9.17, 15) is 4.79 Å². The van der Waals surface area contributed by atoms with Crippen LogP contribution >= 0.6 is 0 Å². The van der Waals surface area contributed by atoms with Gasteiger partial charge in [-0.05, 0) is 12.8 Å². The molecule has 0 bridgehead atoms. The second-order valence-electron chi connectivity index (χ2n) is 12.2. The van der Waals surface area contributed by atoms with Crippen LogP contribution in [0.2, 0.25) is 0 Å². The lowest BCUT2D eigenvalue weighted by atomic mass is 10.0. The first-order valence-corrected chi connectivity index (χ1v) is 18.0.